The van der Waals surface area contributed by atoms with Gasteiger partial charge in [0, 0.05) is 12.5 Å². The van der Waals surface area contributed by atoms with Crippen molar-refractivity contribution in [2.24, 2.45) is 10.7 Å². The molecule has 0 heterocycles. The monoisotopic (exact) mass is 207 g/mol. The molecule has 0 aliphatic heterocycles. The normalized spacial score (nSPS) is 18.1. The number of nitrogens with zero attached hydrogens (tertiary/aromatic N) is 1. The first-order valence-corrected chi connectivity index (χ1v) is 5.79. The molecule has 0 radical (unpaired) electrons. The molecule has 0 bridgehead atoms. The van der Waals surface area contributed by atoms with E-state index in [9.17, 15) is 0 Å². The van der Waals surface area contributed by atoms with E-state index in [0.717, 1.165) is 6.42 Å². The summed E-state index contributed by atoms with van der Waals surface area (Å²) >= 11 is 0. The molecule has 0 spiro atoms. The van der Waals surface area contributed by atoms with Crippen molar-refractivity contribution in [3.05, 3.63) is 0 Å². The first-order chi connectivity index (χ1) is 7.33. The van der Waals surface area contributed by atoms with Gasteiger partial charge in [0.2, 0.25) is 0 Å². The maximum atomic E-state index is 5.78. The number of hydrogen-bond acceptors (Lipinski definition) is 1. The molecule has 0 aromatic heterocycles. The van der Waals surface area contributed by atoms with Crippen LogP contribution < -0.4 is 11.1 Å². The lowest BCUT2D eigenvalue weighted by atomic mass is 9.96. The summed E-state index contributed by atoms with van der Waals surface area (Å²) in [5, 5.41) is 3.28. The van der Waals surface area contributed by atoms with Gasteiger partial charge in [-0.1, -0.05) is 19.3 Å². The Hall–Kier alpha value is -1.17. The van der Waals surface area contributed by atoms with Gasteiger partial charge in [0.05, 0.1) is 6.54 Å². The molecule has 1 aliphatic rings. The van der Waals surface area contributed by atoms with Crippen molar-refractivity contribution in [2.75, 3.05) is 6.54 Å². The number of nitrogens with two attached hydrogens (primary N) is 1. The minimum atomic E-state index is 0.541. The van der Waals surface area contributed by atoms with Crippen molar-refractivity contribution >= 4 is 5.96 Å². The van der Waals surface area contributed by atoms with Crippen LogP contribution in [0, 0.1) is 11.8 Å². The molecule has 0 aromatic carbocycles. The van der Waals surface area contributed by atoms with E-state index in [1.807, 2.05) is 6.92 Å². The second-order valence-corrected chi connectivity index (χ2v) is 3.92. The largest absolute Gasteiger partial charge is 0.370 e. The molecule has 1 saturated carbocycles. The molecule has 84 valence electrons. The molecule has 3 heteroatoms. The molecule has 3 N–H and O–H groups in total. The molecular formula is C12H21N3. The van der Waals surface area contributed by atoms with Crippen molar-refractivity contribution in [2.45, 2.75) is 51.5 Å². The fourth-order valence-electron chi connectivity index (χ4n) is 1.86. The smallest absolute Gasteiger partial charge is 0.188 e. The van der Waals surface area contributed by atoms with Crippen molar-refractivity contribution in [3.63, 3.8) is 0 Å². The fourth-order valence-corrected chi connectivity index (χ4v) is 1.86. The van der Waals surface area contributed by atoms with Crippen molar-refractivity contribution in [1.82, 2.24) is 5.32 Å². The first-order valence-electron chi connectivity index (χ1n) is 5.79. The van der Waals surface area contributed by atoms with E-state index in [1.165, 1.54) is 32.1 Å². The quantitative estimate of drug-likeness (QED) is 0.320. The van der Waals surface area contributed by atoms with Gasteiger partial charge in [0.25, 0.3) is 0 Å². The Labute approximate surface area is 92.5 Å². The van der Waals surface area contributed by atoms with Gasteiger partial charge >= 0.3 is 0 Å². The molecule has 1 fully saturated rings. The number of rotatable bonds is 3. The first kappa shape index (κ1) is 11.9. The van der Waals surface area contributed by atoms with Crippen LogP contribution in [0.1, 0.15) is 45.4 Å². The number of guanidine groups is 1. The van der Waals surface area contributed by atoms with Crippen molar-refractivity contribution in [1.29, 1.82) is 0 Å². The topological polar surface area (TPSA) is 50.4 Å². The summed E-state index contributed by atoms with van der Waals surface area (Å²) in [7, 11) is 0. The summed E-state index contributed by atoms with van der Waals surface area (Å²) in [6, 6.07) is 0.541. The minimum Gasteiger partial charge on any atom is -0.370 e. The highest BCUT2D eigenvalue weighted by molar-refractivity contribution is 5.78. The molecular weight excluding hydrogens is 186 g/mol. The van der Waals surface area contributed by atoms with E-state index in [4.69, 9.17) is 5.73 Å². The Balaban J connectivity index is 2.19. The van der Waals surface area contributed by atoms with E-state index in [1.54, 1.807) is 0 Å². The lowest BCUT2D eigenvalue weighted by Crippen LogP contribution is -2.41. The van der Waals surface area contributed by atoms with Crippen LogP contribution in [-0.4, -0.2) is 18.5 Å². The number of nitrogens with one attached hydrogen (secondary N) is 1. The van der Waals surface area contributed by atoms with Crippen LogP contribution in [0.2, 0.25) is 0 Å². The van der Waals surface area contributed by atoms with Gasteiger partial charge in [-0.05, 0) is 19.8 Å². The summed E-state index contributed by atoms with van der Waals surface area (Å²) < 4.78 is 0. The molecule has 3 nitrogen and oxygen atoms in total. The average Bonchev–Trinajstić information content (AvgIpc) is 2.26. The Bertz CT molecular complexity index is 254. The summed E-state index contributed by atoms with van der Waals surface area (Å²) in [6.07, 6.45) is 7.24. The predicted octanol–water partition coefficient (Wildman–Crippen LogP) is 1.64. The van der Waals surface area contributed by atoms with Crippen LogP contribution in [0.4, 0.5) is 0 Å². The molecule has 0 atom stereocenters. The third-order valence-corrected chi connectivity index (χ3v) is 2.65. The van der Waals surface area contributed by atoms with Crippen molar-refractivity contribution < 1.29 is 0 Å². The van der Waals surface area contributed by atoms with Gasteiger partial charge in [-0.3, -0.25) is 4.99 Å². The molecule has 0 saturated heterocycles. The van der Waals surface area contributed by atoms with Gasteiger partial charge in [-0.15, -0.1) is 11.8 Å². The van der Waals surface area contributed by atoms with Crippen LogP contribution >= 0.6 is 0 Å². The highest BCUT2D eigenvalue weighted by Gasteiger charge is 2.12. The fraction of sp³-hybridized carbons (Fsp3) is 0.750. The Morgan fingerprint density at radius 2 is 2.13 bits per heavy atom. The molecule has 15 heavy (non-hydrogen) atoms. The Morgan fingerprint density at radius 1 is 1.40 bits per heavy atom. The summed E-state index contributed by atoms with van der Waals surface area (Å²) in [6.45, 7) is 2.54. The SMILES string of the molecule is CC#CCCN=C(N)NC1CCCCC1. The van der Waals surface area contributed by atoms with E-state index in [0.29, 0.717) is 18.5 Å². The predicted molar refractivity (Wildman–Crippen MR) is 64.6 cm³/mol. The molecule has 0 unspecified atom stereocenters. The summed E-state index contributed by atoms with van der Waals surface area (Å²) in [4.78, 5) is 4.24. The average molecular weight is 207 g/mol. The van der Waals surface area contributed by atoms with E-state index >= 15 is 0 Å². The van der Waals surface area contributed by atoms with Gasteiger partial charge in [-0.2, -0.15) is 0 Å². The molecule has 1 aliphatic carbocycles. The maximum absolute atomic E-state index is 5.78. The van der Waals surface area contributed by atoms with Gasteiger partial charge in [-0.25, -0.2) is 0 Å². The zero-order valence-corrected chi connectivity index (χ0v) is 9.55. The third-order valence-electron chi connectivity index (χ3n) is 2.65. The Morgan fingerprint density at radius 3 is 2.80 bits per heavy atom. The second kappa shape index (κ2) is 7.17. The number of aliphatic imine (C=N–C) groups is 1. The molecule has 1 rings (SSSR count). The highest BCUT2D eigenvalue weighted by atomic mass is 15.1. The summed E-state index contributed by atoms with van der Waals surface area (Å²) in [5.41, 5.74) is 5.78. The lowest BCUT2D eigenvalue weighted by molar-refractivity contribution is 0.412. The zero-order chi connectivity index (χ0) is 10.9. The third kappa shape index (κ3) is 5.31. The van der Waals surface area contributed by atoms with Crippen LogP contribution in [0.3, 0.4) is 0 Å². The van der Waals surface area contributed by atoms with E-state index in [2.05, 4.69) is 22.2 Å². The lowest BCUT2D eigenvalue weighted by Gasteiger charge is -2.23. The van der Waals surface area contributed by atoms with Crippen LogP contribution in [0.15, 0.2) is 4.99 Å². The van der Waals surface area contributed by atoms with Gasteiger partial charge < -0.3 is 11.1 Å². The van der Waals surface area contributed by atoms with E-state index < -0.39 is 0 Å². The zero-order valence-electron chi connectivity index (χ0n) is 9.55. The van der Waals surface area contributed by atoms with Crippen LogP contribution in [-0.2, 0) is 0 Å². The van der Waals surface area contributed by atoms with Crippen LogP contribution in [0.5, 0.6) is 0 Å². The standard InChI is InChI=1S/C12H21N3/c1-2-3-7-10-14-12(13)15-11-8-5-4-6-9-11/h11H,4-10H2,1H3,(H3,13,14,15). The number of hydrogen-bond donors (Lipinski definition) is 2. The molecule has 0 amide bonds. The van der Waals surface area contributed by atoms with E-state index in [-0.39, 0.29) is 0 Å². The minimum absolute atomic E-state index is 0.541. The second-order valence-electron chi connectivity index (χ2n) is 3.92. The van der Waals surface area contributed by atoms with Crippen LogP contribution in [0.25, 0.3) is 0 Å². The Kier molecular flexibility index (Phi) is 5.69. The molecule has 0 aromatic rings. The van der Waals surface area contributed by atoms with Gasteiger partial charge in [0.1, 0.15) is 0 Å². The van der Waals surface area contributed by atoms with Crippen molar-refractivity contribution in [3.8, 4) is 11.8 Å². The van der Waals surface area contributed by atoms with Gasteiger partial charge in [0.15, 0.2) is 5.96 Å². The summed E-state index contributed by atoms with van der Waals surface area (Å²) in [5.74, 6) is 6.39. The maximum Gasteiger partial charge on any atom is 0.188 e. The highest BCUT2D eigenvalue weighted by Crippen LogP contribution is 2.16.